The summed E-state index contributed by atoms with van der Waals surface area (Å²) >= 11 is 4.78. The van der Waals surface area contributed by atoms with Crippen LogP contribution in [0.2, 0.25) is 0 Å². The van der Waals surface area contributed by atoms with E-state index in [9.17, 15) is 18.0 Å². The Balaban J connectivity index is 2.42. The lowest BCUT2D eigenvalue weighted by Crippen LogP contribution is -2.09. The van der Waals surface area contributed by atoms with Crippen LogP contribution in [0.5, 0.6) is 0 Å². The van der Waals surface area contributed by atoms with E-state index in [1.165, 1.54) is 0 Å². The van der Waals surface area contributed by atoms with Gasteiger partial charge in [-0.05, 0) is 12.8 Å². The monoisotopic (exact) mass is 214 g/mol. The molecule has 0 amide bonds. The molecule has 0 radical (unpaired) electrons. The summed E-state index contributed by atoms with van der Waals surface area (Å²) in [6.07, 6.45) is -3.06. The Morgan fingerprint density at radius 1 is 1.46 bits per heavy atom. The normalized spacial score (nSPS) is 18.6. The van der Waals surface area contributed by atoms with E-state index in [0.717, 1.165) is 0 Å². The zero-order valence-electron chi connectivity index (χ0n) is 6.40. The molecule has 2 nitrogen and oxygen atoms in total. The molecule has 13 heavy (non-hydrogen) atoms. The van der Waals surface area contributed by atoms with E-state index in [2.05, 4.69) is 4.74 Å². The fourth-order valence-corrected chi connectivity index (χ4v) is 0.636. The predicted molar refractivity (Wildman–Crippen MR) is 38.8 cm³/mol. The molecule has 0 N–H and O–H groups in total. The minimum absolute atomic E-state index is 0.238. The maximum absolute atomic E-state index is 11.7. The van der Waals surface area contributed by atoms with Crippen LogP contribution in [0.25, 0.3) is 0 Å². The number of esters is 1. The molecule has 0 heterocycles. The van der Waals surface area contributed by atoms with Crippen molar-refractivity contribution >= 4 is 17.6 Å². The summed E-state index contributed by atoms with van der Waals surface area (Å²) < 4.78 is 39.4. The van der Waals surface area contributed by atoms with Gasteiger partial charge in [-0.3, -0.25) is 4.79 Å². The number of hydrogen-bond donors (Lipinski definition) is 0. The first-order valence-corrected chi connectivity index (χ1v) is 3.92. The second-order valence-corrected chi connectivity index (χ2v) is 3.08. The summed E-state index contributed by atoms with van der Waals surface area (Å²) in [6, 6.07) is 0. The van der Waals surface area contributed by atoms with E-state index in [1.807, 2.05) is 0 Å². The number of ether oxygens (including phenoxy) is 1. The average molecular weight is 215 g/mol. The first-order valence-electron chi connectivity index (χ1n) is 3.54. The van der Waals surface area contributed by atoms with Crippen molar-refractivity contribution < 1.29 is 22.7 Å². The van der Waals surface area contributed by atoms with Gasteiger partial charge in [0.1, 0.15) is 6.26 Å². The average Bonchev–Trinajstić information content (AvgIpc) is 2.79. The Morgan fingerprint density at radius 2 is 2.00 bits per heavy atom. The van der Waals surface area contributed by atoms with E-state index < -0.39 is 17.2 Å². The van der Waals surface area contributed by atoms with Crippen LogP contribution in [0.4, 0.5) is 13.2 Å². The summed E-state index contributed by atoms with van der Waals surface area (Å²) in [7, 11) is 0. The molecular formula is C7H6ClF3O2. The number of halogens is 4. The number of rotatable bonds is 2. The summed E-state index contributed by atoms with van der Waals surface area (Å²) in [5.74, 6) is -0.892. The van der Waals surface area contributed by atoms with Crippen LogP contribution in [-0.2, 0) is 9.53 Å². The van der Waals surface area contributed by atoms with Crippen molar-refractivity contribution in [1.82, 2.24) is 0 Å². The standard InChI is InChI=1S/C7H6ClF3O2/c8-5(7(9,10)11)3-13-6(12)4-1-2-4/h3-4H,1-2H2. The van der Waals surface area contributed by atoms with Crippen LogP contribution in [0.3, 0.4) is 0 Å². The van der Waals surface area contributed by atoms with Gasteiger partial charge in [0.25, 0.3) is 0 Å². The second-order valence-electron chi connectivity index (χ2n) is 2.67. The highest BCUT2D eigenvalue weighted by molar-refractivity contribution is 6.30. The lowest BCUT2D eigenvalue weighted by atomic mass is 10.4. The maximum atomic E-state index is 11.7. The fourth-order valence-electron chi connectivity index (χ4n) is 0.592. The van der Waals surface area contributed by atoms with Gasteiger partial charge in [-0.15, -0.1) is 0 Å². The van der Waals surface area contributed by atoms with Gasteiger partial charge >= 0.3 is 12.1 Å². The maximum Gasteiger partial charge on any atom is 0.429 e. The van der Waals surface area contributed by atoms with Crippen molar-refractivity contribution in [2.24, 2.45) is 5.92 Å². The molecule has 0 aliphatic heterocycles. The van der Waals surface area contributed by atoms with Crippen LogP contribution >= 0.6 is 11.6 Å². The zero-order valence-corrected chi connectivity index (χ0v) is 7.15. The Bertz CT molecular complexity index is 243. The summed E-state index contributed by atoms with van der Waals surface area (Å²) in [5, 5.41) is -1.43. The van der Waals surface area contributed by atoms with Crippen LogP contribution in [0.15, 0.2) is 11.3 Å². The van der Waals surface area contributed by atoms with E-state index >= 15 is 0 Å². The van der Waals surface area contributed by atoms with Gasteiger partial charge in [-0.1, -0.05) is 11.6 Å². The van der Waals surface area contributed by atoms with E-state index in [-0.39, 0.29) is 12.2 Å². The Labute approximate surface area is 77.3 Å². The minimum atomic E-state index is -4.65. The first kappa shape index (κ1) is 10.4. The van der Waals surface area contributed by atoms with Crippen molar-refractivity contribution in [2.75, 3.05) is 0 Å². The van der Waals surface area contributed by atoms with Gasteiger partial charge in [-0.25, -0.2) is 0 Å². The van der Waals surface area contributed by atoms with Crippen molar-refractivity contribution in [3.8, 4) is 0 Å². The molecular weight excluding hydrogens is 209 g/mol. The molecule has 0 aromatic rings. The zero-order chi connectivity index (χ0) is 10.1. The van der Waals surface area contributed by atoms with Gasteiger partial charge in [0.15, 0.2) is 5.03 Å². The van der Waals surface area contributed by atoms with E-state index in [1.54, 1.807) is 0 Å². The highest BCUT2D eigenvalue weighted by Gasteiger charge is 2.35. The van der Waals surface area contributed by atoms with Crippen LogP contribution in [0, 0.1) is 5.92 Å². The van der Waals surface area contributed by atoms with Gasteiger partial charge in [-0.2, -0.15) is 13.2 Å². The summed E-state index contributed by atoms with van der Waals surface area (Å²) in [6.45, 7) is 0. The molecule has 74 valence electrons. The molecule has 0 spiro atoms. The molecule has 0 aromatic heterocycles. The third-order valence-corrected chi connectivity index (χ3v) is 1.76. The van der Waals surface area contributed by atoms with Crippen molar-refractivity contribution in [2.45, 2.75) is 19.0 Å². The largest absolute Gasteiger partial charge is 0.433 e. The van der Waals surface area contributed by atoms with E-state index in [0.29, 0.717) is 12.8 Å². The fraction of sp³-hybridized carbons (Fsp3) is 0.571. The quantitative estimate of drug-likeness (QED) is 0.522. The van der Waals surface area contributed by atoms with Crippen LogP contribution in [0.1, 0.15) is 12.8 Å². The number of carbonyl (C=O) groups excluding carboxylic acids is 1. The molecule has 0 atom stereocenters. The molecule has 0 aromatic carbocycles. The second kappa shape index (κ2) is 3.57. The van der Waals surface area contributed by atoms with E-state index in [4.69, 9.17) is 11.6 Å². The molecule has 1 saturated carbocycles. The Kier molecular flexibility index (Phi) is 2.85. The molecule has 0 unspecified atom stereocenters. The SMILES string of the molecule is O=C(OC=C(Cl)C(F)(F)F)C1CC1. The van der Waals surface area contributed by atoms with Crippen LogP contribution in [-0.4, -0.2) is 12.1 Å². The van der Waals surface area contributed by atoms with Crippen molar-refractivity contribution in [3.05, 3.63) is 11.3 Å². The molecule has 1 rings (SSSR count). The van der Waals surface area contributed by atoms with Gasteiger partial charge in [0.05, 0.1) is 5.92 Å². The third kappa shape index (κ3) is 3.26. The summed E-state index contributed by atoms with van der Waals surface area (Å²) in [5.41, 5.74) is 0. The Morgan fingerprint density at radius 3 is 2.38 bits per heavy atom. The smallest absolute Gasteiger partial charge is 0.429 e. The van der Waals surface area contributed by atoms with Gasteiger partial charge in [0, 0.05) is 0 Å². The number of hydrogen-bond acceptors (Lipinski definition) is 2. The molecule has 1 aliphatic carbocycles. The molecule has 0 saturated heterocycles. The topological polar surface area (TPSA) is 26.3 Å². The van der Waals surface area contributed by atoms with Crippen molar-refractivity contribution in [3.63, 3.8) is 0 Å². The minimum Gasteiger partial charge on any atom is -0.433 e. The van der Waals surface area contributed by atoms with Crippen LogP contribution < -0.4 is 0 Å². The molecule has 1 fully saturated rings. The number of alkyl halides is 3. The number of allylic oxidation sites excluding steroid dienone is 1. The molecule has 1 aliphatic rings. The van der Waals surface area contributed by atoms with Gasteiger partial charge < -0.3 is 4.74 Å². The van der Waals surface area contributed by atoms with Gasteiger partial charge in [0.2, 0.25) is 0 Å². The third-order valence-electron chi connectivity index (χ3n) is 1.46. The van der Waals surface area contributed by atoms with Crippen molar-refractivity contribution in [1.29, 1.82) is 0 Å². The predicted octanol–water partition coefficient (Wildman–Crippen LogP) is 2.58. The summed E-state index contributed by atoms with van der Waals surface area (Å²) in [4.78, 5) is 10.7. The molecule has 6 heteroatoms. The first-order chi connectivity index (χ1) is 5.91. The number of carbonyl (C=O) groups is 1. The highest BCUT2D eigenvalue weighted by Crippen LogP contribution is 2.32. The Hall–Kier alpha value is -0.710. The highest BCUT2D eigenvalue weighted by atomic mass is 35.5. The lowest BCUT2D eigenvalue weighted by Gasteiger charge is -2.03. The molecule has 0 bridgehead atoms. The lowest BCUT2D eigenvalue weighted by molar-refractivity contribution is -0.140.